The lowest BCUT2D eigenvalue weighted by Crippen LogP contribution is -2.34. The number of hydrogen-bond donors (Lipinski definition) is 3. The molecule has 2 aromatic rings. The highest BCUT2D eigenvalue weighted by Crippen LogP contribution is 2.19. The van der Waals surface area contributed by atoms with Crippen molar-refractivity contribution in [3.05, 3.63) is 35.8 Å². The van der Waals surface area contributed by atoms with E-state index in [0.29, 0.717) is 19.5 Å². The van der Waals surface area contributed by atoms with E-state index in [0.717, 1.165) is 16.5 Å². The summed E-state index contributed by atoms with van der Waals surface area (Å²) in [6.45, 7) is 2.69. The van der Waals surface area contributed by atoms with E-state index in [4.69, 9.17) is 5.73 Å². The zero-order valence-corrected chi connectivity index (χ0v) is 10.9. The van der Waals surface area contributed by atoms with E-state index in [1.165, 1.54) is 12.1 Å². The van der Waals surface area contributed by atoms with Crippen LogP contribution in [0.15, 0.2) is 24.4 Å². The van der Waals surface area contributed by atoms with Gasteiger partial charge >= 0.3 is 0 Å². The van der Waals surface area contributed by atoms with E-state index in [-0.39, 0.29) is 17.6 Å². The van der Waals surface area contributed by atoms with E-state index in [9.17, 15) is 9.18 Å². The Bertz CT molecular complexity index is 579. The largest absolute Gasteiger partial charge is 0.361 e. The molecule has 2 rings (SSSR count). The van der Waals surface area contributed by atoms with E-state index in [1.54, 1.807) is 13.0 Å². The molecule has 1 aromatic heterocycles. The fourth-order valence-corrected chi connectivity index (χ4v) is 1.97. The second-order valence-corrected chi connectivity index (χ2v) is 4.68. The van der Waals surface area contributed by atoms with E-state index in [2.05, 4.69) is 10.3 Å². The molecule has 1 unspecified atom stereocenters. The SMILES string of the molecule is CC(CN)C(=O)NCCc1c[nH]c2cc(F)ccc12. The van der Waals surface area contributed by atoms with Crippen LogP contribution < -0.4 is 11.1 Å². The lowest BCUT2D eigenvalue weighted by molar-refractivity contribution is -0.124. The normalized spacial score (nSPS) is 12.6. The van der Waals surface area contributed by atoms with Gasteiger partial charge in [0, 0.05) is 36.1 Å². The lowest BCUT2D eigenvalue weighted by atomic mass is 10.1. The van der Waals surface area contributed by atoms with Gasteiger partial charge in [0.15, 0.2) is 0 Å². The third-order valence-corrected chi connectivity index (χ3v) is 3.22. The standard InChI is InChI=1S/C14H18FN3O/c1-9(7-16)14(19)17-5-4-10-8-18-13-6-11(15)2-3-12(10)13/h2-3,6,8-9,18H,4-5,7,16H2,1H3,(H,17,19). The minimum absolute atomic E-state index is 0.0339. The maximum Gasteiger partial charge on any atom is 0.224 e. The molecule has 1 heterocycles. The van der Waals surface area contributed by atoms with E-state index < -0.39 is 0 Å². The fourth-order valence-electron chi connectivity index (χ4n) is 1.97. The Morgan fingerprint density at radius 3 is 3.05 bits per heavy atom. The van der Waals surface area contributed by atoms with Gasteiger partial charge < -0.3 is 16.0 Å². The van der Waals surface area contributed by atoms with Crippen molar-refractivity contribution in [1.82, 2.24) is 10.3 Å². The smallest absolute Gasteiger partial charge is 0.224 e. The summed E-state index contributed by atoms with van der Waals surface area (Å²) < 4.78 is 13.0. The van der Waals surface area contributed by atoms with Crippen LogP contribution in [0.4, 0.5) is 4.39 Å². The van der Waals surface area contributed by atoms with Crippen molar-refractivity contribution in [3.8, 4) is 0 Å². The van der Waals surface area contributed by atoms with Gasteiger partial charge in [0.1, 0.15) is 5.82 Å². The van der Waals surface area contributed by atoms with Gasteiger partial charge in [0.2, 0.25) is 5.91 Å². The Kier molecular flexibility index (Phi) is 4.16. The maximum absolute atomic E-state index is 13.0. The molecule has 0 fully saturated rings. The number of carbonyl (C=O) groups excluding carboxylic acids is 1. The number of aromatic amines is 1. The molecule has 1 atom stereocenters. The molecule has 1 amide bonds. The van der Waals surface area contributed by atoms with Crippen molar-refractivity contribution < 1.29 is 9.18 Å². The number of H-pyrrole nitrogens is 1. The highest BCUT2D eigenvalue weighted by molar-refractivity contribution is 5.83. The average molecular weight is 263 g/mol. The summed E-state index contributed by atoms with van der Waals surface area (Å²) in [6, 6.07) is 4.66. The van der Waals surface area contributed by atoms with Gasteiger partial charge in [-0.25, -0.2) is 4.39 Å². The van der Waals surface area contributed by atoms with Gasteiger partial charge in [-0.2, -0.15) is 0 Å². The molecule has 4 N–H and O–H groups in total. The zero-order valence-electron chi connectivity index (χ0n) is 10.9. The summed E-state index contributed by atoms with van der Waals surface area (Å²) >= 11 is 0. The average Bonchev–Trinajstić information content (AvgIpc) is 2.80. The minimum atomic E-state index is -0.258. The van der Waals surface area contributed by atoms with Crippen molar-refractivity contribution in [2.24, 2.45) is 11.7 Å². The van der Waals surface area contributed by atoms with Gasteiger partial charge in [-0.15, -0.1) is 0 Å². The number of carbonyl (C=O) groups is 1. The van der Waals surface area contributed by atoms with Crippen LogP contribution in [0.25, 0.3) is 10.9 Å². The summed E-state index contributed by atoms with van der Waals surface area (Å²) in [7, 11) is 0. The van der Waals surface area contributed by atoms with Crippen molar-refractivity contribution in [2.75, 3.05) is 13.1 Å². The van der Waals surface area contributed by atoms with E-state index in [1.807, 2.05) is 6.20 Å². The van der Waals surface area contributed by atoms with Crippen molar-refractivity contribution >= 4 is 16.8 Å². The van der Waals surface area contributed by atoms with Crippen LogP contribution in [0.1, 0.15) is 12.5 Å². The first kappa shape index (κ1) is 13.5. The van der Waals surface area contributed by atoms with Gasteiger partial charge in [0.25, 0.3) is 0 Å². The Hall–Kier alpha value is -1.88. The highest BCUT2D eigenvalue weighted by Gasteiger charge is 2.10. The Balaban J connectivity index is 1.97. The van der Waals surface area contributed by atoms with Gasteiger partial charge in [-0.3, -0.25) is 4.79 Å². The number of fused-ring (bicyclic) bond motifs is 1. The number of rotatable bonds is 5. The van der Waals surface area contributed by atoms with Crippen LogP contribution in [0.2, 0.25) is 0 Å². The summed E-state index contributed by atoms with van der Waals surface area (Å²) in [5, 5.41) is 3.83. The van der Waals surface area contributed by atoms with Crippen LogP contribution in [0.3, 0.4) is 0 Å². The molecule has 0 spiro atoms. The summed E-state index contributed by atoms with van der Waals surface area (Å²) in [4.78, 5) is 14.6. The molecule has 0 bridgehead atoms. The van der Waals surface area contributed by atoms with Crippen molar-refractivity contribution in [2.45, 2.75) is 13.3 Å². The summed E-state index contributed by atoms with van der Waals surface area (Å²) in [5.74, 6) is -0.462. The number of nitrogens with two attached hydrogens (primary N) is 1. The highest BCUT2D eigenvalue weighted by atomic mass is 19.1. The van der Waals surface area contributed by atoms with Crippen LogP contribution in [-0.2, 0) is 11.2 Å². The minimum Gasteiger partial charge on any atom is -0.361 e. The molecule has 0 radical (unpaired) electrons. The fraction of sp³-hybridized carbons (Fsp3) is 0.357. The number of benzene rings is 1. The molecule has 0 saturated carbocycles. The molecule has 1 aromatic carbocycles. The lowest BCUT2D eigenvalue weighted by Gasteiger charge is -2.09. The van der Waals surface area contributed by atoms with Crippen LogP contribution >= 0.6 is 0 Å². The molecule has 0 aliphatic rings. The number of amides is 1. The zero-order chi connectivity index (χ0) is 13.8. The molecular formula is C14H18FN3O. The van der Waals surface area contributed by atoms with Crippen LogP contribution in [0, 0.1) is 11.7 Å². The molecule has 102 valence electrons. The predicted molar refractivity (Wildman–Crippen MR) is 73.2 cm³/mol. The summed E-state index contributed by atoms with van der Waals surface area (Å²) in [5.41, 5.74) is 7.27. The van der Waals surface area contributed by atoms with Gasteiger partial charge in [-0.05, 0) is 30.2 Å². The first-order valence-corrected chi connectivity index (χ1v) is 6.35. The molecule has 19 heavy (non-hydrogen) atoms. The van der Waals surface area contributed by atoms with Crippen LogP contribution in [-0.4, -0.2) is 24.0 Å². The van der Waals surface area contributed by atoms with E-state index >= 15 is 0 Å². The molecule has 0 aliphatic carbocycles. The second-order valence-electron chi connectivity index (χ2n) is 4.68. The number of hydrogen-bond acceptors (Lipinski definition) is 2. The maximum atomic E-state index is 13.0. The number of nitrogens with one attached hydrogen (secondary N) is 2. The first-order chi connectivity index (χ1) is 9.11. The molecule has 0 aliphatic heterocycles. The molecule has 0 saturated heterocycles. The Morgan fingerprint density at radius 1 is 1.53 bits per heavy atom. The third kappa shape index (κ3) is 3.12. The van der Waals surface area contributed by atoms with Gasteiger partial charge in [0.05, 0.1) is 0 Å². The monoisotopic (exact) mass is 263 g/mol. The first-order valence-electron chi connectivity index (χ1n) is 6.35. The predicted octanol–water partition coefficient (Wildman–Crippen LogP) is 1.56. The third-order valence-electron chi connectivity index (χ3n) is 3.22. The van der Waals surface area contributed by atoms with Gasteiger partial charge in [-0.1, -0.05) is 6.92 Å². The van der Waals surface area contributed by atoms with Crippen LogP contribution in [0.5, 0.6) is 0 Å². The Labute approximate surface area is 111 Å². The quantitative estimate of drug-likeness (QED) is 0.766. The summed E-state index contributed by atoms with van der Waals surface area (Å²) in [6.07, 6.45) is 2.55. The van der Waals surface area contributed by atoms with Crippen molar-refractivity contribution in [1.29, 1.82) is 0 Å². The Morgan fingerprint density at radius 2 is 2.32 bits per heavy atom. The topological polar surface area (TPSA) is 70.9 Å². The van der Waals surface area contributed by atoms with Crippen molar-refractivity contribution in [3.63, 3.8) is 0 Å². The molecule has 4 nitrogen and oxygen atoms in total. The number of aromatic nitrogens is 1. The second kappa shape index (κ2) is 5.84. The molecular weight excluding hydrogens is 245 g/mol. The molecule has 5 heteroatoms. The number of halogens is 1.